The molecule has 0 nitrogen and oxygen atoms in total. The SMILES string of the molecule is C[C](C)=[Zr+2].Cc1cc2ccccc2[cH-]1.[C-]1=CC=CC1.[Cl-].[Cl-]. The van der Waals surface area contributed by atoms with Gasteiger partial charge in [0.15, 0.2) is 0 Å². The topological polar surface area (TPSA) is 0 Å². The van der Waals surface area contributed by atoms with Gasteiger partial charge in [0.25, 0.3) is 0 Å². The first-order valence-electron chi connectivity index (χ1n) is 6.45. The molecule has 0 N–H and O–H groups in total. The van der Waals surface area contributed by atoms with Crippen LogP contribution in [-0.2, 0) is 24.2 Å². The van der Waals surface area contributed by atoms with Gasteiger partial charge >= 0.3 is 41.3 Å². The van der Waals surface area contributed by atoms with Crippen molar-refractivity contribution in [2.24, 2.45) is 0 Å². The van der Waals surface area contributed by atoms with Crippen LogP contribution in [0.4, 0.5) is 0 Å². The molecule has 3 rings (SSSR count). The van der Waals surface area contributed by atoms with Crippen LogP contribution >= 0.6 is 0 Å². The van der Waals surface area contributed by atoms with Crippen LogP contribution < -0.4 is 24.8 Å². The summed E-state index contributed by atoms with van der Waals surface area (Å²) in [7, 11) is 0. The predicted molar refractivity (Wildman–Crippen MR) is 82.2 cm³/mol. The zero-order valence-corrected chi connectivity index (χ0v) is 16.6. The number of aryl methyl sites for hydroxylation is 1. The van der Waals surface area contributed by atoms with Gasteiger partial charge < -0.3 is 24.8 Å². The summed E-state index contributed by atoms with van der Waals surface area (Å²) < 4.78 is 1.51. The summed E-state index contributed by atoms with van der Waals surface area (Å²) in [4.78, 5) is 0. The van der Waals surface area contributed by atoms with E-state index < -0.39 is 0 Å². The molecule has 0 aliphatic heterocycles. The zero-order chi connectivity index (χ0) is 14.1. The molecule has 21 heavy (non-hydrogen) atoms. The Bertz CT molecular complexity index is 533. The molecule has 3 heteroatoms. The monoisotopic (exact) mass is 396 g/mol. The van der Waals surface area contributed by atoms with Gasteiger partial charge in [-0.25, -0.2) is 12.2 Å². The minimum atomic E-state index is 0. The van der Waals surface area contributed by atoms with E-state index in [0.717, 1.165) is 6.42 Å². The van der Waals surface area contributed by atoms with Crippen LogP contribution in [-0.4, -0.2) is 3.21 Å². The molecule has 0 aromatic heterocycles. The van der Waals surface area contributed by atoms with E-state index in [2.05, 4.69) is 69.3 Å². The Hall–Kier alpha value is -0.357. The molecule has 0 amide bonds. The average Bonchev–Trinajstić information content (AvgIpc) is 2.98. The Balaban J connectivity index is 0. The van der Waals surface area contributed by atoms with Crippen LogP contribution in [0.15, 0.2) is 54.6 Å². The summed E-state index contributed by atoms with van der Waals surface area (Å²) in [6.07, 6.45) is 10.0. The molecule has 2 aromatic rings. The molecule has 0 unspecified atom stereocenters. The van der Waals surface area contributed by atoms with E-state index in [9.17, 15) is 0 Å². The summed E-state index contributed by atoms with van der Waals surface area (Å²) in [5, 5.41) is 2.69. The van der Waals surface area contributed by atoms with Crippen molar-refractivity contribution in [3.63, 3.8) is 0 Å². The van der Waals surface area contributed by atoms with Crippen molar-refractivity contribution in [3.8, 4) is 0 Å². The summed E-state index contributed by atoms with van der Waals surface area (Å²) in [6.45, 7) is 6.37. The van der Waals surface area contributed by atoms with E-state index in [1.807, 2.05) is 12.2 Å². The van der Waals surface area contributed by atoms with E-state index in [1.165, 1.54) is 19.5 Å². The van der Waals surface area contributed by atoms with Gasteiger partial charge in [-0.2, -0.15) is 12.1 Å². The van der Waals surface area contributed by atoms with Crippen LogP contribution in [0, 0.1) is 13.0 Å². The van der Waals surface area contributed by atoms with Crippen molar-refractivity contribution in [1.29, 1.82) is 0 Å². The van der Waals surface area contributed by atoms with Crippen molar-refractivity contribution >= 4 is 14.0 Å². The number of halogens is 2. The van der Waals surface area contributed by atoms with Gasteiger partial charge in [0.1, 0.15) is 0 Å². The normalized spacial score (nSPS) is 10.5. The number of allylic oxidation sites excluding steroid dienone is 4. The second kappa shape index (κ2) is 13.3. The van der Waals surface area contributed by atoms with Crippen molar-refractivity contribution in [3.05, 3.63) is 66.3 Å². The molecule has 0 bridgehead atoms. The molecule has 1 aliphatic carbocycles. The van der Waals surface area contributed by atoms with Gasteiger partial charge in [-0.3, -0.25) is 6.08 Å². The number of benzene rings is 1. The van der Waals surface area contributed by atoms with Crippen molar-refractivity contribution in [2.75, 3.05) is 0 Å². The third-order valence-electron chi connectivity index (χ3n) is 2.35. The number of rotatable bonds is 0. The molecule has 0 fully saturated rings. The molecule has 0 saturated heterocycles. The van der Waals surface area contributed by atoms with E-state index in [1.54, 1.807) is 24.2 Å². The molecule has 1 aliphatic rings. The summed E-state index contributed by atoms with van der Waals surface area (Å²) >= 11 is 1.55. The van der Waals surface area contributed by atoms with Crippen molar-refractivity contribution in [1.82, 2.24) is 0 Å². The minimum absolute atomic E-state index is 0. The summed E-state index contributed by atoms with van der Waals surface area (Å²) in [5.41, 5.74) is 1.35. The molecule has 112 valence electrons. The van der Waals surface area contributed by atoms with Crippen molar-refractivity contribution < 1.29 is 49.0 Å². The molecule has 2 aromatic carbocycles. The molecule has 0 radical (unpaired) electrons. The maximum atomic E-state index is 2.99. The first-order chi connectivity index (χ1) is 9.09. The Labute approximate surface area is 155 Å². The minimum Gasteiger partial charge on any atom is -1.00 e. The fourth-order valence-corrected chi connectivity index (χ4v) is 1.65. The third-order valence-corrected chi connectivity index (χ3v) is 2.35. The first kappa shape index (κ1) is 22.9. The quantitative estimate of drug-likeness (QED) is 0.496. The van der Waals surface area contributed by atoms with Gasteiger partial charge in [0.2, 0.25) is 0 Å². The second-order valence-electron chi connectivity index (χ2n) is 4.66. The second-order valence-corrected chi connectivity index (χ2v) is 7.12. The van der Waals surface area contributed by atoms with Crippen molar-refractivity contribution in [2.45, 2.75) is 27.2 Å². The Morgan fingerprint density at radius 1 is 1.19 bits per heavy atom. The van der Waals surface area contributed by atoms with E-state index in [-0.39, 0.29) is 24.8 Å². The summed E-state index contributed by atoms with van der Waals surface area (Å²) in [5.74, 6) is 0. The average molecular weight is 398 g/mol. The van der Waals surface area contributed by atoms with Crippen LogP contribution in [0.3, 0.4) is 0 Å². The predicted octanol–water partition coefficient (Wildman–Crippen LogP) is -1.07. The van der Waals surface area contributed by atoms with E-state index in [0.29, 0.717) is 0 Å². The molecular formula is C18H20Cl2Zr-2. The molecule has 0 heterocycles. The number of hydrogen-bond acceptors (Lipinski definition) is 0. The maximum absolute atomic E-state index is 2.99. The fourth-order valence-electron chi connectivity index (χ4n) is 1.65. The van der Waals surface area contributed by atoms with Crippen LogP contribution in [0.1, 0.15) is 25.8 Å². The summed E-state index contributed by atoms with van der Waals surface area (Å²) in [6, 6.07) is 12.8. The van der Waals surface area contributed by atoms with E-state index >= 15 is 0 Å². The third kappa shape index (κ3) is 10.9. The van der Waals surface area contributed by atoms with Gasteiger partial charge in [-0.1, -0.05) is 13.0 Å². The largest absolute Gasteiger partial charge is 1.00 e. The van der Waals surface area contributed by atoms with Gasteiger partial charge in [0.05, 0.1) is 0 Å². The standard InChI is InChI=1S/C10H9.C5H5.C3H6.2ClH.Zr/c1-8-6-9-4-2-3-5-10(9)7-8;1-2-4-5-3-1;1-3-2;;;/h2-7H,1H3;1-3H,4H2;1-2H3;2*1H;/q2*-1;;;;+2/p-2. The Morgan fingerprint density at radius 2 is 1.81 bits per heavy atom. The molecular weight excluding hydrogens is 378 g/mol. The smallest absolute Gasteiger partial charge is 0.0579 e. The van der Waals surface area contributed by atoms with Gasteiger partial charge in [0, 0.05) is 0 Å². The molecule has 0 spiro atoms. The molecule has 0 atom stereocenters. The first-order valence-corrected chi connectivity index (χ1v) is 7.68. The number of hydrogen-bond donors (Lipinski definition) is 0. The van der Waals surface area contributed by atoms with Crippen LogP contribution in [0.5, 0.6) is 0 Å². The van der Waals surface area contributed by atoms with Gasteiger partial charge in [-0.05, 0) is 0 Å². The Morgan fingerprint density at radius 3 is 2.24 bits per heavy atom. The fraction of sp³-hybridized carbons (Fsp3) is 0.222. The molecule has 0 saturated carbocycles. The van der Waals surface area contributed by atoms with Crippen LogP contribution in [0.25, 0.3) is 10.8 Å². The Kier molecular flexibility index (Phi) is 14.5. The number of fused-ring (bicyclic) bond motifs is 1. The van der Waals surface area contributed by atoms with Crippen LogP contribution in [0.2, 0.25) is 0 Å². The van der Waals surface area contributed by atoms with E-state index in [4.69, 9.17) is 0 Å². The maximum Gasteiger partial charge on any atom is -0.0579 e. The zero-order valence-electron chi connectivity index (χ0n) is 12.7. The van der Waals surface area contributed by atoms with Gasteiger partial charge in [-0.15, -0.1) is 47.0 Å².